The van der Waals surface area contributed by atoms with E-state index in [0.29, 0.717) is 5.01 Å². The van der Waals surface area contributed by atoms with Gasteiger partial charge in [-0.15, -0.1) is 17.8 Å². The predicted molar refractivity (Wildman–Crippen MR) is 67.1 cm³/mol. The summed E-state index contributed by atoms with van der Waals surface area (Å²) in [6.45, 7) is 1.23. The van der Waals surface area contributed by atoms with Gasteiger partial charge in [-0.25, -0.2) is 4.98 Å². The second-order valence-corrected chi connectivity index (χ2v) is 4.51. The maximum absolute atomic E-state index is 12.0. The number of aliphatic carboxylic acids is 1. The summed E-state index contributed by atoms with van der Waals surface area (Å²) in [5.41, 5.74) is 5.81. The van der Waals surface area contributed by atoms with Crippen LogP contribution in [0.15, 0.2) is 5.38 Å². The van der Waals surface area contributed by atoms with E-state index in [1.807, 2.05) is 0 Å². The smallest absolute Gasteiger partial charge is 0.323 e. The molecule has 0 aliphatic rings. The highest BCUT2D eigenvalue weighted by Crippen LogP contribution is 2.17. The molecule has 1 atom stereocenters. The highest BCUT2D eigenvalue weighted by molar-refractivity contribution is 7.09. The lowest BCUT2D eigenvalue weighted by molar-refractivity contribution is -0.137. The van der Waals surface area contributed by atoms with Crippen LogP contribution in [0.2, 0.25) is 0 Å². The Bertz CT molecular complexity index is 490. The van der Waals surface area contributed by atoms with Gasteiger partial charge in [0, 0.05) is 5.38 Å². The number of thiazole rings is 1. The summed E-state index contributed by atoms with van der Waals surface area (Å²) in [4.78, 5) is 27.7. The third-order valence-electron chi connectivity index (χ3n) is 2.03. The summed E-state index contributed by atoms with van der Waals surface area (Å²) in [6, 6.07) is -0.267. The fourth-order valence-corrected chi connectivity index (χ4v) is 1.98. The lowest BCUT2D eigenvalue weighted by atomic mass is 10.3. The largest absolute Gasteiger partial charge is 0.480 e. The van der Waals surface area contributed by atoms with E-state index in [0.717, 1.165) is 4.90 Å². The van der Waals surface area contributed by atoms with E-state index >= 15 is 0 Å². The highest BCUT2D eigenvalue weighted by atomic mass is 32.1. The molecule has 1 amide bonds. The van der Waals surface area contributed by atoms with Crippen molar-refractivity contribution in [2.45, 2.75) is 13.0 Å². The number of rotatable bonds is 5. The first-order chi connectivity index (χ1) is 8.45. The number of hydrogen-bond acceptors (Lipinski definition) is 5. The molecule has 0 saturated heterocycles. The number of carbonyl (C=O) groups is 2. The summed E-state index contributed by atoms with van der Waals surface area (Å²) >= 11 is 1.26. The van der Waals surface area contributed by atoms with Crippen molar-refractivity contribution in [3.63, 3.8) is 0 Å². The SMILES string of the molecule is C#CCN(CC(=O)O)C(=O)c1csc(C(C)N)n1. The van der Waals surface area contributed by atoms with Crippen LogP contribution in [0.3, 0.4) is 0 Å². The average molecular weight is 267 g/mol. The number of nitrogens with two attached hydrogens (primary N) is 1. The molecule has 0 saturated carbocycles. The van der Waals surface area contributed by atoms with Crippen molar-refractivity contribution in [2.24, 2.45) is 5.73 Å². The van der Waals surface area contributed by atoms with E-state index in [1.165, 1.54) is 11.3 Å². The van der Waals surface area contributed by atoms with Gasteiger partial charge in [-0.05, 0) is 6.92 Å². The Morgan fingerprint density at radius 2 is 2.39 bits per heavy atom. The Balaban J connectivity index is 2.88. The van der Waals surface area contributed by atoms with E-state index in [2.05, 4.69) is 10.9 Å². The van der Waals surface area contributed by atoms with Crippen molar-refractivity contribution < 1.29 is 14.7 Å². The molecule has 1 aromatic heterocycles. The van der Waals surface area contributed by atoms with Gasteiger partial charge in [-0.3, -0.25) is 9.59 Å². The number of amides is 1. The van der Waals surface area contributed by atoms with Crippen molar-refractivity contribution in [2.75, 3.05) is 13.1 Å². The minimum absolute atomic E-state index is 0.0732. The van der Waals surface area contributed by atoms with Crippen LogP contribution in [0, 0.1) is 12.3 Å². The molecule has 1 heterocycles. The van der Waals surface area contributed by atoms with Crippen molar-refractivity contribution >= 4 is 23.2 Å². The van der Waals surface area contributed by atoms with Crippen LogP contribution in [0.1, 0.15) is 28.5 Å². The number of nitrogens with zero attached hydrogens (tertiary/aromatic N) is 2. The van der Waals surface area contributed by atoms with Gasteiger partial charge in [0.15, 0.2) is 0 Å². The first kappa shape index (κ1) is 14.2. The molecule has 0 radical (unpaired) electrons. The lowest BCUT2D eigenvalue weighted by Gasteiger charge is -2.16. The maximum Gasteiger partial charge on any atom is 0.323 e. The first-order valence-electron chi connectivity index (χ1n) is 5.11. The van der Waals surface area contributed by atoms with Gasteiger partial charge >= 0.3 is 5.97 Å². The fourth-order valence-electron chi connectivity index (χ4n) is 1.23. The Kier molecular flexibility index (Phi) is 4.83. The van der Waals surface area contributed by atoms with Crippen molar-refractivity contribution in [3.05, 3.63) is 16.1 Å². The van der Waals surface area contributed by atoms with Gasteiger partial charge in [-0.2, -0.15) is 0 Å². The van der Waals surface area contributed by atoms with Crippen LogP contribution in [0.4, 0.5) is 0 Å². The van der Waals surface area contributed by atoms with Gasteiger partial charge in [0.25, 0.3) is 5.91 Å². The molecule has 1 aromatic rings. The Labute approximate surface area is 108 Å². The minimum Gasteiger partial charge on any atom is -0.480 e. The Morgan fingerprint density at radius 3 is 2.83 bits per heavy atom. The second kappa shape index (κ2) is 6.14. The maximum atomic E-state index is 12.0. The van der Waals surface area contributed by atoms with Gasteiger partial charge in [-0.1, -0.05) is 5.92 Å². The lowest BCUT2D eigenvalue weighted by Crippen LogP contribution is -2.36. The zero-order valence-corrected chi connectivity index (χ0v) is 10.6. The van der Waals surface area contributed by atoms with E-state index in [1.54, 1.807) is 12.3 Å². The van der Waals surface area contributed by atoms with Gasteiger partial charge in [0.1, 0.15) is 17.2 Å². The predicted octanol–water partition coefficient (Wildman–Crippen LogP) is 0.323. The molecule has 0 aromatic carbocycles. The van der Waals surface area contributed by atoms with Gasteiger partial charge in [0.05, 0.1) is 12.6 Å². The Morgan fingerprint density at radius 1 is 1.72 bits per heavy atom. The topological polar surface area (TPSA) is 96.5 Å². The standard InChI is InChI=1S/C11H13N3O3S/c1-3-4-14(5-9(15)16)11(17)8-6-18-10(13-8)7(2)12/h1,6-7H,4-5,12H2,2H3,(H,15,16). The molecule has 1 rings (SSSR count). The minimum atomic E-state index is -1.12. The number of carboxylic acid groups (broad SMARTS) is 1. The van der Waals surface area contributed by atoms with E-state index in [4.69, 9.17) is 17.3 Å². The molecule has 0 spiro atoms. The van der Waals surface area contributed by atoms with Crippen LogP contribution >= 0.6 is 11.3 Å². The molecule has 18 heavy (non-hydrogen) atoms. The van der Waals surface area contributed by atoms with Crippen molar-refractivity contribution in [1.82, 2.24) is 9.88 Å². The zero-order chi connectivity index (χ0) is 13.7. The van der Waals surface area contributed by atoms with Crippen LogP contribution < -0.4 is 5.73 Å². The van der Waals surface area contributed by atoms with Crippen molar-refractivity contribution in [1.29, 1.82) is 0 Å². The third-order valence-corrected chi connectivity index (χ3v) is 3.07. The molecule has 96 valence electrons. The monoisotopic (exact) mass is 267 g/mol. The second-order valence-electron chi connectivity index (χ2n) is 3.62. The zero-order valence-electron chi connectivity index (χ0n) is 9.79. The van der Waals surface area contributed by atoms with Crippen LogP contribution in [-0.4, -0.2) is 40.0 Å². The van der Waals surface area contributed by atoms with E-state index in [-0.39, 0.29) is 18.3 Å². The van der Waals surface area contributed by atoms with Crippen LogP contribution in [0.25, 0.3) is 0 Å². The normalized spacial score (nSPS) is 11.6. The third kappa shape index (κ3) is 3.55. The van der Waals surface area contributed by atoms with Gasteiger partial charge < -0.3 is 15.7 Å². The summed E-state index contributed by atoms with van der Waals surface area (Å²) in [5, 5.41) is 10.9. The Hall–Kier alpha value is -1.91. The molecule has 3 N–H and O–H groups in total. The number of carboxylic acids is 1. The van der Waals surface area contributed by atoms with Gasteiger partial charge in [0.2, 0.25) is 0 Å². The molecule has 0 fully saturated rings. The number of aromatic nitrogens is 1. The number of carbonyl (C=O) groups excluding carboxylic acids is 1. The molecular weight excluding hydrogens is 254 g/mol. The summed E-state index contributed by atoms with van der Waals surface area (Å²) < 4.78 is 0. The van der Waals surface area contributed by atoms with Crippen molar-refractivity contribution in [3.8, 4) is 12.3 Å². The highest BCUT2D eigenvalue weighted by Gasteiger charge is 2.20. The summed E-state index contributed by atoms with van der Waals surface area (Å²) in [5.74, 6) is 0.621. The number of hydrogen-bond donors (Lipinski definition) is 2. The molecule has 0 aliphatic heterocycles. The van der Waals surface area contributed by atoms with E-state index in [9.17, 15) is 9.59 Å². The first-order valence-corrected chi connectivity index (χ1v) is 5.99. The molecule has 6 nitrogen and oxygen atoms in total. The molecule has 1 unspecified atom stereocenters. The summed E-state index contributed by atoms with van der Waals surface area (Å²) in [6.07, 6.45) is 5.10. The summed E-state index contributed by atoms with van der Waals surface area (Å²) in [7, 11) is 0. The van der Waals surface area contributed by atoms with E-state index < -0.39 is 18.4 Å². The fraction of sp³-hybridized carbons (Fsp3) is 0.364. The molecule has 7 heteroatoms. The molecule has 0 bridgehead atoms. The average Bonchev–Trinajstić information content (AvgIpc) is 2.76. The molecule has 0 aliphatic carbocycles. The van der Waals surface area contributed by atoms with Crippen LogP contribution in [0.5, 0.6) is 0 Å². The quantitative estimate of drug-likeness (QED) is 0.749. The van der Waals surface area contributed by atoms with Crippen LogP contribution in [-0.2, 0) is 4.79 Å². The molecular formula is C11H13N3O3S. The number of terminal acetylenes is 1.